The van der Waals surface area contributed by atoms with Crippen LogP contribution in [0.5, 0.6) is 0 Å². The minimum absolute atomic E-state index is 0.0933. The number of benzene rings is 1. The maximum Gasteiger partial charge on any atom is 0.237 e. The number of nitrogen functional groups attached to an aromatic ring is 1. The Kier molecular flexibility index (Phi) is 2.38. The molecule has 1 aliphatic heterocycles. The van der Waals surface area contributed by atoms with Crippen molar-refractivity contribution in [2.75, 3.05) is 10.6 Å². The van der Waals surface area contributed by atoms with Crippen LogP contribution in [0, 0.1) is 11.7 Å². The molecule has 1 fully saturated rings. The first kappa shape index (κ1) is 10.6. The number of anilines is 2. The summed E-state index contributed by atoms with van der Waals surface area (Å²) in [7, 11) is 0. The highest BCUT2D eigenvalue weighted by Crippen LogP contribution is 2.32. The van der Waals surface area contributed by atoms with Gasteiger partial charge in [-0.15, -0.1) is 0 Å². The van der Waals surface area contributed by atoms with Crippen LogP contribution in [0.25, 0.3) is 0 Å². The topological polar surface area (TPSA) is 63.4 Å². The molecule has 2 N–H and O–H groups in total. The summed E-state index contributed by atoms with van der Waals surface area (Å²) in [4.78, 5) is 24.1. The number of amides is 2. The van der Waals surface area contributed by atoms with Crippen molar-refractivity contribution in [2.24, 2.45) is 5.92 Å². The molecule has 0 aromatic heterocycles. The molecular weight excluding hydrogens is 211 g/mol. The smallest absolute Gasteiger partial charge is 0.237 e. The molecule has 1 heterocycles. The number of imide groups is 1. The van der Waals surface area contributed by atoms with Gasteiger partial charge in [0.05, 0.1) is 5.69 Å². The zero-order chi connectivity index (χ0) is 11.9. The van der Waals surface area contributed by atoms with Gasteiger partial charge in [0, 0.05) is 12.3 Å². The van der Waals surface area contributed by atoms with E-state index in [4.69, 9.17) is 5.73 Å². The number of rotatable bonds is 1. The molecule has 0 radical (unpaired) electrons. The molecule has 4 nitrogen and oxygen atoms in total. The molecular formula is C11H11FN2O2. The third-order valence-corrected chi connectivity index (χ3v) is 2.61. The van der Waals surface area contributed by atoms with Gasteiger partial charge in [-0.05, 0) is 12.1 Å². The van der Waals surface area contributed by atoms with Crippen molar-refractivity contribution in [3.05, 3.63) is 24.0 Å². The lowest BCUT2D eigenvalue weighted by atomic mass is 10.1. The van der Waals surface area contributed by atoms with Gasteiger partial charge in [-0.1, -0.05) is 13.0 Å². The number of nitrogens with two attached hydrogens (primary N) is 1. The largest absolute Gasteiger partial charge is 0.397 e. The minimum Gasteiger partial charge on any atom is -0.397 e. The monoisotopic (exact) mass is 222 g/mol. The van der Waals surface area contributed by atoms with Crippen molar-refractivity contribution in [3.63, 3.8) is 0 Å². The van der Waals surface area contributed by atoms with E-state index >= 15 is 0 Å². The van der Waals surface area contributed by atoms with Crippen LogP contribution in [-0.2, 0) is 9.59 Å². The number of para-hydroxylation sites is 1. The van der Waals surface area contributed by atoms with Crippen LogP contribution >= 0.6 is 0 Å². The van der Waals surface area contributed by atoms with Gasteiger partial charge in [-0.25, -0.2) is 9.29 Å². The molecule has 1 atom stereocenters. The molecule has 1 unspecified atom stereocenters. The second-order valence-electron chi connectivity index (χ2n) is 3.85. The first-order valence-electron chi connectivity index (χ1n) is 4.93. The van der Waals surface area contributed by atoms with E-state index in [0.29, 0.717) is 0 Å². The first-order chi connectivity index (χ1) is 7.52. The second-order valence-corrected chi connectivity index (χ2v) is 3.85. The standard InChI is InChI=1S/C11H11FN2O2/c1-6-5-9(15)14(11(6)16)10-7(12)3-2-4-8(10)13/h2-4,6H,5,13H2,1H3. The minimum atomic E-state index is -0.657. The molecule has 0 spiro atoms. The van der Waals surface area contributed by atoms with Crippen molar-refractivity contribution in [2.45, 2.75) is 13.3 Å². The highest BCUT2D eigenvalue weighted by molar-refractivity contribution is 6.22. The number of hydrogen-bond donors (Lipinski definition) is 1. The van der Waals surface area contributed by atoms with Gasteiger partial charge < -0.3 is 5.73 Å². The maximum atomic E-state index is 13.5. The summed E-state index contributed by atoms with van der Waals surface area (Å²) in [5.41, 5.74) is 5.56. The Morgan fingerprint density at radius 2 is 2.12 bits per heavy atom. The zero-order valence-corrected chi connectivity index (χ0v) is 8.74. The van der Waals surface area contributed by atoms with Crippen molar-refractivity contribution in [1.29, 1.82) is 0 Å². The summed E-state index contributed by atoms with van der Waals surface area (Å²) < 4.78 is 13.5. The first-order valence-corrected chi connectivity index (χ1v) is 4.93. The lowest BCUT2D eigenvalue weighted by Gasteiger charge is -2.17. The molecule has 84 valence electrons. The molecule has 1 aromatic rings. The van der Waals surface area contributed by atoms with Gasteiger partial charge in [0.2, 0.25) is 11.8 Å². The van der Waals surface area contributed by atoms with Gasteiger partial charge in [0.25, 0.3) is 0 Å². The maximum absolute atomic E-state index is 13.5. The number of nitrogens with zero attached hydrogens (tertiary/aromatic N) is 1. The number of halogens is 1. The molecule has 16 heavy (non-hydrogen) atoms. The summed E-state index contributed by atoms with van der Waals surface area (Å²) in [6.07, 6.45) is 0.104. The predicted molar refractivity (Wildman–Crippen MR) is 57.1 cm³/mol. The van der Waals surface area contributed by atoms with E-state index in [-0.39, 0.29) is 17.8 Å². The van der Waals surface area contributed by atoms with Crippen LogP contribution in [-0.4, -0.2) is 11.8 Å². The predicted octanol–water partition coefficient (Wildman–Crippen LogP) is 1.31. The third-order valence-electron chi connectivity index (χ3n) is 2.61. The second kappa shape index (κ2) is 3.59. The van der Waals surface area contributed by atoms with Crippen LogP contribution in [0.15, 0.2) is 18.2 Å². The average molecular weight is 222 g/mol. The van der Waals surface area contributed by atoms with Gasteiger partial charge in [0.15, 0.2) is 0 Å². The number of carbonyl (C=O) groups excluding carboxylic acids is 2. The molecule has 2 amide bonds. The molecule has 1 saturated heterocycles. The van der Waals surface area contributed by atoms with Gasteiger partial charge in [-0.3, -0.25) is 9.59 Å². The fourth-order valence-corrected chi connectivity index (χ4v) is 1.79. The highest BCUT2D eigenvalue weighted by atomic mass is 19.1. The Bertz CT molecular complexity index is 453. The van der Waals surface area contributed by atoms with E-state index < -0.39 is 23.5 Å². The van der Waals surface area contributed by atoms with Crippen molar-refractivity contribution < 1.29 is 14.0 Å². The average Bonchev–Trinajstić information content (AvgIpc) is 2.44. The summed E-state index contributed by atoms with van der Waals surface area (Å²) in [6.45, 7) is 1.64. The third kappa shape index (κ3) is 1.44. The van der Waals surface area contributed by atoms with Crippen LogP contribution in [0.2, 0.25) is 0 Å². The SMILES string of the molecule is CC1CC(=O)N(c2c(N)cccc2F)C1=O. The molecule has 0 bridgehead atoms. The zero-order valence-electron chi connectivity index (χ0n) is 8.74. The molecule has 5 heteroatoms. The highest BCUT2D eigenvalue weighted by Gasteiger charge is 2.38. The van der Waals surface area contributed by atoms with Crippen molar-refractivity contribution >= 4 is 23.2 Å². The van der Waals surface area contributed by atoms with Crippen molar-refractivity contribution in [3.8, 4) is 0 Å². The number of hydrogen-bond acceptors (Lipinski definition) is 3. The fraction of sp³-hybridized carbons (Fsp3) is 0.273. The number of carbonyl (C=O) groups is 2. The van der Waals surface area contributed by atoms with Gasteiger partial charge in [0.1, 0.15) is 11.5 Å². The lowest BCUT2D eigenvalue weighted by Crippen LogP contribution is -2.31. The summed E-state index contributed by atoms with van der Waals surface area (Å²) in [5.74, 6) is -1.88. The van der Waals surface area contributed by atoms with E-state index in [0.717, 1.165) is 4.90 Å². The summed E-state index contributed by atoms with van der Waals surface area (Å²) in [5, 5.41) is 0. The van der Waals surface area contributed by atoms with E-state index in [9.17, 15) is 14.0 Å². The van der Waals surface area contributed by atoms with Crippen LogP contribution in [0.4, 0.5) is 15.8 Å². The Balaban J connectivity index is 2.53. The van der Waals surface area contributed by atoms with Crippen molar-refractivity contribution in [1.82, 2.24) is 0 Å². The molecule has 2 rings (SSSR count). The van der Waals surface area contributed by atoms with Gasteiger partial charge in [-0.2, -0.15) is 0 Å². The summed E-state index contributed by atoms with van der Waals surface area (Å²) >= 11 is 0. The Morgan fingerprint density at radius 1 is 1.44 bits per heavy atom. The Hall–Kier alpha value is -1.91. The van der Waals surface area contributed by atoms with Gasteiger partial charge >= 0.3 is 0 Å². The van der Waals surface area contributed by atoms with Crippen LogP contribution in [0.3, 0.4) is 0 Å². The van der Waals surface area contributed by atoms with Crippen LogP contribution in [0.1, 0.15) is 13.3 Å². The van der Waals surface area contributed by atoms with E-state index in [1.807, 2.05) is 0 Å². The Labute approximate surface area is 91.8 Å². The van der Waals surface area contributed by atoms with E-state index in [1.54, 1.807) is 6.92 Å². The quantitative estimate of drug-likeness (QED) is 0.575. The van der Waals surface area contributed by atoms with E-state index in [1.165, 1.54) is 18.2 Å². The molecule has 1 aromatic carbocycles. The normalized spacial score (nSPS) is 20.6. The fourth-order valence-electron chi connectivity index (χ4n) is 1.79. The lowest BCUT2D eigenvalue weighted by molar-refractivity contribution is -0.122. The summed E-state index contributed by atoms with van der Waals surface area (Å²) in [6, 6.07) is 4.07. The molecule has 0 saturated carbocycles. The Morgan fingerprint density at radius 3 is 2.62 bits per heavy atom. The van der Waals surface area contributed by atoms with E-state index in [2.05, 4.69) is 0 Å². The molecule has 0 aliphatic carbocycles. The van der Waals surface area contributed by atoms with Crippen LogP contribution < -0.4 is 10.6 Å². The molecule has 1 aliphatic rings.